The summed E-state index contributed by atoms with van der Waals surface area (Å²) in [6.45, 7) is 3.93. The molecule has 4 heterocycles. The van der Waals surface area contributed by atoms with Gasteiger partial charge in [-0.05, 0) is 26.0 Å². The molecule has 0 saturated carbocycles. The van der Waals surface area contributed by atoms with Crippen molar-refractivity contribution in [3.05, 3.63) is 47.2 Å². The second-order valence-corrected chi connectivity index (χ2v) is 9.04. The van der Waals surface area contributed by atoms with Crippen LogP contribution in [0.15, 0.2) is 51.5 Å². The molecule has 2 unspecified atom stereocenters. The van der Waals surface area contributed by atoms with Gasteiger partial charge in [0.25, 0.3) is 0 Å². The Morgan fingerprint density at radius 2 is 2.06 bits per heavy atom. The number of H-pyrrole nitrogens is 1. The minimum absolute atomic E-state index is 0.0000896. The molecule has 2 atom stereocenters. The lowest BCUT2D eigenvalue weighted by atomic mass is 10.2. The zero-order valence-electron chi connectivity index (χ0n) is 17.6. The zero-order chi connectivity index (χ0) is 21.0. The predicted octanol–water partition coefficient (Wildman–Crippen LogP) is 2.61. The lowest BCUT2D eigenvalue weighted by Crippen LogP contribution is -2.51. The van der Waals surface area contributed by atoms with Gasteiger partial charge in [0.15, 0.2) is 11.0 Å². The largest absolute Gasteiger partial charge is 0.492 e. The van der Waals surface area contributed by atoms with E-state index >= 15 is 0 Å². The fourth-order valence-corrected chi connectivity index (χ4v) is 4.68. The van der Waals surface area contributed by atoms with Gasteiger partial charge in [0, 0.05) is 43.6 Å². The first-order valence-electron chi connectivity index (χ1n) is 10.8. The number of allylic oxidation sites excluding steroid dienone is 3. The number of piperazine rings is 1. The van der Waals surface area contributed by atoms with E-state index in [9.17, 15) is 0 Å². The van der Waals surface area contributed by atoms with E-state index in [1.54, 1.807) is 18.0 Å². The normalized spacial score (nSPS) is 26.7. The monoisotopic (exact) mass is 440 g/mol. The fraction of sp³-hybridized carbons (Fsp3) is 0.476. The highest BCUT2D eigenvalue weighted by molar-refractivity contribution is 8.17. The van der Waals surface area contributed by atoms with Crippen molar-refractivity contribution in [1.29, 1.82) is 0 Å². The van der Waals surface area contributed by atoms with Crippen LogP contribution in [0.3, 0.4) is 0 Å². The first-order valence-corrected chi connectivity index (χ1v) is 11.6. The number of anilines is 1. The van der Waals surface area contributed by atoms with Gasteiger partial charge in [-0.25, -0.2) is 9.98 Å². The molecule has 1 aliphatic carbocycles. The van der Waals surface area contributed by atoms with Crippen molar-refractivity contribution in [2.24, 2.45) is 9.98 Å². The molecule has 1 saturated heterocycles. The lowest BCUT2D eigenvalue weighted by Gasteiger charge is -2.36. The maximum atomic E-state index is 5.58. The number of guanidine groups is 1. The van der Waals surface area contributed by atoms with Gasteiger partial charge in [-0.3, -0.25) is 10.00 Å². The zero-order valence-corrected chi connectivity index (χ0v) is 18.4. The Morgan fingerprint density at radius 3 is 2.84 bits per heavy atom. The summed E-state index contributed by atoms with van der Waals surface area (Å²) in [5.41, 5.74) is 0.945. The summed E-state index contributed by atoms with van der Waals surface area (Å²) >= 11 is 1.65. The predicted molar refractivity (Wildman–Crippen MR) is 125 cm³/mol. The molecule has 0 radical (unpaired) electrons. The molecule has 1 aromatic rings. The highest BCUT2D eigenvalue weighted by Gasteiger charge is 2.27. The molecule has 9 nitrogen and oxygen atoms in total. The number of aromatic amines is 1. The summed E-state index contributed by atoms with van der Waals surface area (Å²) in [7, 11) is 2.15. The van der Waals surface area contributed by atoms with E-state index in [1.165, 1.54) is 4.91 Å². The molecule has 1 fully saturated rings. The van der Waals surface area contributed by atoms with E-state index in [1.807, 2.05) is 12.1 Å². The van der Waals surface area contributed by atoms with E-state index < -0.39 is 0 Å². The Hall–Kier alpha value is -2.56. The second-order valence-electron chi connectivity index (χ2n) is 7.98. The number of aromatic nitrogens is 2. The molecule has 0 amide bonds. The summed E-state index contributed by atoms with van der Waals surface area (Å²) < 4.78 is 5.58. The van der Waals surface area contributed by atoms with Crippen molar-refractivity contribution in [2.45, 2.75) is 31.7 Å². The smallest absolute Gasteiger partial charge is 0.206 e. The number of likely N-dealkylation sites (N-methyl/N-ethyl adjacent to an activating group) is 1. The molecule has 164 valence electrons. The number of nitrogens with one attached hydrogen (secondary N) is 3. The van der Waals surface area contributed by atoms with Crippen LogP contribution in [0.25, 0.3) is 0 Å². The van der Waals surface area contributed by atoms with Crippen molar-refractivity contribution >= 4 is 28.7 Å². The second kappa shape index (κ2) is 9.29. The standard InChI is InChI=1S/C21H28N8OS/c1-28-9-11-29(12-10-28)20-23-19(24-21(25-20)31-15-6-3-2-4-7-15)22-18-14-16(26-27-18)17-8-5-13-30-17/h3,5-7,13-14,17,20H,2,4,8-12H2,1H3,(H3,22,23,24,25,26,27). The van der Waals surface area contributed by atoms with E-state index in [-0.39, 0.29) is 12.4 Å². The molecule has 3 N–H and O–H groups in total. The summed E-state index contributed by atoms with van der Waals surface area (Å²) in [4.78, 5) is 15.6. The highest BCUT2D eigenvalue weighted by Crippen LogP contribution is 2.27. The topological polar surface area (TPSA) is 93.2 Å². The van der Waals surface area contributed by atoms with Crippen LogP contribution in [0.1, 0.15) is 31.1 Å². The van der Waals surface area contributed by atoms with Crippen LogP contribution in [0.4, 0.5) is 5.82 Å². The number of amidine groups is 1. The maximum absolute atomic E-state index is 5.58. The van der Waals surface area contributed by atoms with E-state index in [0.29, 0.717) is 11.8 Å². The number of thioether (sulfide) groups is 1. The fourth-order valence-electron chi connectivity index (χ4n) is 3.80. The molecule has 0 spiro atoms. The van der Waals surface area contributed by atoms with Crippen molar-refractivity contribution in [1.82, 2.24) is 25.3 Å². The Kier molecular flexibility index (Phi) is 6.10. The van der Waals surface area contributed by atoms with Crippen molar-refractivity contribution in [3.63, 3.8) is 0 Å². The maximum Gasteiger partial charge on any atom is 0.206 e. The SMILES string of the molecule is CN1CCN(C2N=C(Nc3cc(C4CC=CO4)[nH]n3)NC(SC3=CCCC=C3)=N2)CC1. The van der Waals surface area contributed by atoms with Crippen LogP contribution in [0, 0.1) is 0 Å². The van der Waals surface area contributed by atoms with Gasteiger partial charge < -0.3 is 20.3 Å². The number of hydrogen-bond donors (Lipinski definition) is 3. The van der Waals surface area contributed by atoms with Crippen LogP contribution in [0.5, 0.6) is 0 Å². The van der Waals surface area contributed by atoms with Gasteiger partial charge in [0.1, 0.15) is 6.10 Å². The van der Waals surface area contributed by atoms with Crippen molar-refractivity contribution in [2.75, 3.05) is 38.5 Å². The molecule has 31 heavy (non-hydrogen) atoms. The highest BCUT2D eigenvalue weighted by atomic mass is 32.2. The van der Waals surface area contributed by atoms with Crippen LogP contribution < -0.4 is 10.6 Å². The molecule has 1 aromatic heterocycles. The summed E-state index contributed by atoms with van der Waals surface area (Å²) in [6, 6.07) is 1.97. The Bertz CT molecular complexity index is 933. The first kappa shape index (κ1) is 20.3. The number of hydrogen-bond acceptors (Lipinski definition) is 9. The van der Waals surface area contributed by atoms with Gasteiger partial charge in [-0.1, -0.05) is 30.0 Å². The van der Waals surface area contributed by atoms with Crippen LogP contribution in [-0.4, -0.2) is 70.6 Å². The molecule has 5 rings (SSSR count). The van der Waals surface area contributed by atoms with Gasteiger partial charge in [0.05, 0.1) is 12.0 Å². The molecular weight excluding hydrogens is 412 g/mol. The number of nitrogens with zero attached hydrogens (tertiary/aromatic N) is 5. The average Bonchev–Trinajstić information content (AvgIpc) is 3.47. The summed E-state index contributed by atoms with van der Waals surface area (Å²) in [6.07, 6.45) is 13.2. The number of ether oxygens (including phenoxy) is 1. The molecule has 10 heteroatoms. The van der Waals surface area contributed by atoms with Gasteiger partial charge >= 0.3 is 0 Å². The Labute approximate surface area is 186 Å². The summed E-state index contributed by atoms with van der Waals surface area (Å²) in [5, 5.41) is 15.0. The van der Waals surface area contributed by atoms with Crippen LogP contribution in [-0.2, 0) is 4.74 Å². The molecular formula is C21H28N8OS. The average molecular weight is 441 g/mol. The lowest BCUT2D eigenvalue weighted by molar-refractivity contribution is 0.118. The van der Waals surface area contributed by atoms with Crippen molar-refractivity contribution in [3.8, 4) is 0 Å². The van der Waals surface area contributed by atoms with Gasteiger partial charge in [0.2, 0.25) is 12.2 Å². The Morgan fingerprint density at radius 1 is 1.16 bits per heavy atom. The first-order chi connectivity index (χ1) is 15.2. The van der Waals surface area contributed by atoms with Crippen molar-refractivity contribution < 1.29 is 4.74 Å². The third kappa shape index (κ3) is 5.03. The van der Waals surface area contributed by atoms with Crippen LogP contribution in [0.2, 0.25) is 0 Å². The molecule has 4 aliphatic rings. The molecule has 0 bridgehead atoms. The molecule has 3 aliphatic heterocycles. The quantitative estimate of drug-likeness (QED) is 0.663. The Balaban J connectivity index is 1.31. The van der Waals surface area contributed by atoms with E-state index in [0.717, 1.165) is 56.3 Å². The van der Waals surface area contributed by atoms with Crippen LogP contribution >= 0.6 is 11.8 Å². The third-order valence-corrected chi connectivity index (χ3v) is 6.56. The third-order valence-electron chi connectivity index (χ3n) is 5.62. The van der Waals surface area contributed by atoms with E-state index in [4.69, 9.17) is 14.7 Å². The summed E-state index contributed by atoms with van der Waals surface area (Å²) in [5.74, 6) is 1.36. The minimum atomic E-state index is -0.242. The van der Waals surface area contributed by atoms with Gasteiger partial charge in [-0.15, -0.1) is 0 Å². The van der Waals surface area contributed by atoms with Gasteiger partial charge in [-0.2, -0.15) is 5.10 Å². The molecule has 0 aromatic carbocycles. The number of rotatable bonds is 4. The minimum Gasteiger partial charge on any atom is -0.492 e. The number of aliphatic imine (C=N–C) groups is 2. The van der Waals surface area contributed by atoms with E-state index in [2.05, 4.69) is 55.9 Å².